The lowest BCUT2D eigenvalue weighted by Crippen LogP contribution is -2.14. The van der Waals surface area contributed by atoms with Crippen LogP contribution in [0.1, 0.15) is 31.2 Å². The number of ether oxygens (including phenoxy) is 1. The predicted molar refractivity (Wildman–Crippen MR) is 114 cm³/mol. The van der Waals surface area contributed by atoms with Crippen molar-refractivity contribution in [2.45, 2.75) is 38.3 Å². The maximum absolute atomic E-state index is 12.5. The van der Waals surface area contributed by atoms with Gasteiger partial charge in [-0.15, -0.1) is 0 Å². The van der Waals surface area contributed by atoms with Crippen molar-refractivity contribution in [2.24, 2.45) is 0 Å². The van der Waals surface area contributed by atoms with Crippen LogP contribution in [0.4, 0.5) is 5.95 Å². The van der Waals surface area contributed by atoms with Crippen molar-refractivity contribution in [1.82, 2.24) is 24.7 Å². The molecule has 2 N–H and O–H groups in total. The molecule has 3 aromatic heterocycles. The number of nitrogens with zero attached hydrogens (tertiary/aromatic N) is 4. The Hall–Kier alpha value is -3.68. The smallest absolute Gasteiger partial charge is 0.263 e. The minimum absolute atomic E-state index is 0.232. The van der Waals surface area contributed by atoms with Crippen molar-refractivity contribution in [3.63, 3.8) is 0 Å². The molecule has 5 rings (SSSR count). The summed E-state index contributed by atoms with van der Waals surface area (Å²) in [5.41, 5.74) is 2.12. The number of fused-ring (bicyclic) bond motifs is 1. The Balaban J connectivity index is 1.36. The number of hydrogen-bond donors (Lipinski definition) is 2. The Morgan fingerprint density at radius 1 is 1.17 bits per heavy atom. The van der Waals surface area contributed by atoms with Crippen molar-refractivity contribution in [3.8, 4) is 11.6 Å². The maximum atomic E-state index is 12.5. The van der Waals surface area contributed by atoms with Crippen molar-refractivity contribution < 1.29 is 4.74 Å². The first-order valence-electron chi connectivity index (χ1n) is 10.2. The minimum Gasteiger partial charge on any atom is -0.474 e. The number of aromatic amines is 1. The second kappa shape index (κ2) is 7.98. The molecule has 4 aromatic rings. The van der Waals surface area contributed by atoms with Crippen LogP contribution in [-0.2, 0) is 6.54 Å². The van der Waals surface area contributed by atoms with E-state index in [4.69, 9.17) is 4.74 Å². The largest absolute Gasteiger partial charge is 0.474 e. The molecule has 1 fully saturated rings. The molecule has 0 bridgehead atoms. The van der Waals surface area contributed by atoms with E-state index in [0.717, 1.165) is 24.1 Å². The normalized spacial score (nSPS) is 14.3. The molecule has 152 valence electrons. The molecule has 0 spiro atoms. The standard InChI is InChI=1S/C22H22N6O2/c29-21-18-14-25-28(16-6-2-1-3-7-16)20(18)26-22(27-21)24-13-15-10-11-23-19(12-15)30-17-8-4-5-9-17/h1-3,6-7,10-12,14,17H,4-5,8-9,13H2,(H2,24,26,27,29). The van der Waals surface area contributed by atoms with Gasteiger partial charge in [-0.05, 0) is 49.4 Å². The zero-order valence-corrected chi connectivity index (χ0v) is 16.4. The zero-order valence-electron chi connectivity index (χ0n) is 16.4. The number of benzene rings is 1. The SMILES string of the molecule is O=c1[nH]c(NCc2ccnc(OC3CCCC3)c2)nc2c1cnn2-c1ccccc1. The molecule has 3 heterocycles. The molecule has 0 unspecified atom stereocenters. The van der Waals surface area contributed by atoms with Crippen LogP contribution in [-0.4, -0.2) is 30.8 Å². The number of aromatic nitrogens is 5. The van der Waals surface area contributed by atoms with E-state index in [1.54, 1.807) is 10.9 Å². The molecule has 0 aliphatic heterocycles. The molecule has 1 aliphatic rings. The van der Waals surface area contributed by atoms with E-state index in [-0.39, 0.29) is 11.7 Å². The van der Waals surface area contributed by atoms with E-state index >= 15 is 0 Å². The molecular weight excluding hydrogens is 380 g/mol. The zero-order chi connectivity index (χ0) is 20.3. The van der Waals surface area contributed by atoms with Crippen molar-refractivity contribution in [3.05, 3.63) is 70.8 Å². The number of rotatable bonds is 6. The van der Waals surface area contributed by atoms with Crippen LogP contribution in [0.5, 0.6) is 5.88 Å². The summed E-state index contributed by atoms with van der Waals surface area (Å²) < 4.78 is 7.64. The number of H-pyrrole nitrogens is 1. The first-order valence-corrected chi connectivity index (χ1v) is 10.2. The van der Waals surface area contributed by atoms with Crippen LogP contribution in [0.15, 0.2) is 59.7 Å². The van der Waals surface area contributed by atoms with E-state index in [2.05, 4.69) is 25.4 Å². The van der Waals surface area contributed by atoms with Gasteiger partial charge >= 0.3 is 0 Å². The Morgan fingerprint density at radius 2 is 2.00 bits per heavy atom. The van der Waals surface area contributed by atoms with Crippen molar-refractivity contribution in [2.75, 3.05) is 5.32 Å². The third-order valence-corrected chi connectivity index (χ3v) is 5.29. The van der Waals surface area contributed by atoms with Gasteiger partial charge in [-0.2, -0.15) is 10.1 Å². The first kappa shape index (κ1) is 18.4. The van der Waals surface area contributed by atoms with Gasteiger partial charge in [0.25, 0.3) is 5.56 Å². The molecule has 1 aromatic carbocycles. The third kappa shape index (κ3) is 3.76. The highest BCUT2D eigenvalue weighted by Gasteiger charge is 2.17. The van der Waals surface area contributed by atoms with Crippen LogP contribution < -0.4 is 15.6 Å². The quantitative estimate of drug-likeness (QED) is 0.513. The average Bonchev–Trinajstić information content (AvgIpc) is 3.43. The van der Waals surface area contributed by atoms with E-state index in [0.29, 0.717) is 29.4 Å². The monoisotopic (exact) mass is 402 g/mol. The summed E-state index contributed by atoms with van der Waals surface area (Å²) in [6.07, 6.45) is 8.15. The van der Waals surface area contributed by atoms with Gasteiger partial charge in [0.05, 0.1) is 11.9 Å². The van der Waals surface area contributed by atoms with Crippen LogP contribution in [0, 0.1) is 0 Å². The molecule has 0 saturated heterocycles. The van der Waals surface area contributed by atoms with E-state index < -0.39 is 0 Å². The highest BCUT2D eigenvalue weighted by molar-refractivity contribution is 5.76. The number of hydrogen-bond acceptors (Lipinski definition) is 6. The number of para-hydroxylation sites is 1. The Morgan fingerprint density at radius 3 is 2.83 bits per heavy atom. The maximum Gasteiger partial charge on any atom is 0.263 e. The van der Waals surface area contributed by atoms with Crippen molar-refractivity contribution in [1.29, 1.82) is 0 Å². The molecule has 8 nitrogen and oxygen atoms in total. The molecule has 1 saturated carbocycles. The highest BCUT2D eigenvalue weighted by atomic mass is 16.5. The molecular formula is C22H22N6O2. The molecule has 30 heavy (non-hydrogen) atoms. The summed E-state index contributed by atoms with van der Waals surface area (Å²) in [6.45, 7) is 0.484. The lowest BCUT2D eigenvalue weighted by atomic mass is 10.2. The second-order valence-electron chi connectivity index (χ2n) is 7.42. The molecule has 8 heteroatoms. The van der Waals surface area contributed by atoms with Crippen LogP contribution >= 0.6 is 0 Å². The van der Waals surface area contributed by atoms with E-state index in [1.807, 2.05) is 42.5 Å². The Kier molecular flexibility index (Phi) is 4.88. The van der Waals surface area contributed by atoms with Gasteiger partial charge in [0.1, 0.15) is 11.5 Å². The summed E-state index contributed by atoms with van der Waals surface area (Å²) in [7, 11) is 0. The van der Waals surface area contributed by atoms with Crippen LogP contribution in [0.3, 0.4) is 0 Å². The molecule has 0 amide bonds. The van der Waals surface area contributed by atoms with Crippen LogP contribution in [0.2, 0.25) is 0 Å². The van der Waals surface area contributed by atoms with Crippen LogP contribution in [0.25, 0.3) is 16.7 Å². The highest BCUT2D eigenvalue weighted by Crippen LogP contribution is 2.23. The average molecular weight is 402 g/mol. The molecule has 0 radical (unpaired) electrons. The fourth-order valence-electron chi connectivity index (χ4n) is 3.75. The fourth-order valence-corrected chi connectivity index (χ4v) is 3.75. The third-order valence-electron chi connectivity index (χ3n) is 5.29. The topological polar surface area (TPSA) is 97.7 Å². The summed E-state index contributed by atoms with van der Waals surface area (Å²) in [5.74, 6) is 1.03. The summed E-state index contributed by atoms with van der Waals surface area (Å²) >= 11 is 0. The van der Waals surface area contributed by atoms with Gasteiger partial charge in [0, 0.05) is 18.8 Å². The number of pyridine rings is 1. The van der Waals surface area contributed by atoms with Gasteiger partial charge in [0.2, 0.25) is 11.8 Å². The van der Waals surface area contributed by atoms with Gasteiger partial charge in [0.15, 0.2) is 5.65 Å². The van der Waals surface area contributed by atoms with Gasteiger partial charge in [-0.25, -0.2) is 9.67 Å². The molecule has 1 aliphatic carbocycles. The fraction of sp³-hybridized carbons (Fsp3) is 0.273. The van der Waals surface area contributed by atoms with E-state index in [1.165, 1.54) is 19.0 Å². The minimum atomic E-state index is -0.232. The van der Waals surface area contributed by atoms with Gasteiger partial charge < -0.3 is 10.1 Å². The summed E-state index contributed by atoms with van der Waals surface area (Å²) in [6, 6.07) is 13.5. The summed E-state index contributed by atoms with van der Waals surface area (Å²) in [5, 5.41) is 7.96. The van der Waals surface area contributed by atoms with Gasteiger partial charge in [-0.1, -0.05) is 18.2 Å². The second-order valence-corrected chi connectivity index (χ2v) is 7.42. The van der Waals surface area contributed by atoms with Crippen molar-refractivity contribution >= 4 is 17.0 Å². The Labute approximate surface area is 173 Å². The number of nitrogens with one attached hydrogen (secondary N) is 2. The lowest BCUT2D eigenvalue weighted by Gasteiger charge is -2.13. The Bertz CT molecular complexity index is 1210. The number of anilines is 1. The molecule has 0 atom stereocenters. The van der Waals surface area contributed by atoms with Gasteiger partial charge in [-0.3, -0.25) is 9.78 Å². The summed E-state index contributed by atoms with van der Waals surface area (Å²) in [4.78, 5) is 24.2. The first-order chi connectivity index (χ1) is 14.8. The predicted octanol–water partition coefficient (Wildman–Crippen LogP) is 3.44. The van der Waals surface area contributed by atoms with E-state index in [9.17, 15) is 4.79 Å². The lowest BCUT2D eigenvalue weighted by molar-refractivity contribution is 0.201.